The maximum absolute atomic E-state index is 13.4. The van der Waals surface area contributed by atoms with Crippen LogP contribution in [0.4, 0.5) is 22.4 Å². The van der Waals surface area contributed by atoms with Crippen molar-refractivity contribution in [3.8, 4) is 11.3 Å². The van der Waals surface area contributed by atoms with E-state index in [9.17, 15) is 27.2 Å². The SMILES string of the molecule is Cc1ccc(-c2nn3c(c2C(N)=O)CN(C(=O)NC2(C(F)F)CC(F)(F)C2)CC3)cc1C. The highest BCUT2D eigenvalue weighted by Crippen LogP contribution is 2.48. The maximum Gasteiger partial charge on any atom is 0.318 e. The number of primary amides is 1. The molecule has 3 amide bonds. The Morgan fingerprint density at radius 3 is 2.41 bits per heavy atom. The van der Waals surface area contributed by atoms with Crippen molar-refractivity contribution in [1.29, 1.82) is 0 Å². The van der Waals surface area contributed by atoms with E-state index in [1.807, 2.05) is 32.0 Å². The number of aromatic nitrogens is 2. The minimum Gasteiger partial charge on any atom is -0.365 e. The number of rotatable bonds is 4. The van der Waals surface area contributed by atoms with Gasteiger partial charge in [0.15, 0.2) is 0 Å². The topological polar surface area (TPSA) is 93.2 Å². The first-order chi connectivity index (χ1) is 14.9. The third kappa shape index (κ3) is 3.69. The highest BCUT2D eigenvalue weighted by Gasteiger charge is 2.62. The molecule has 0 atom stereocenters. The van der Waals surface area contributed by atoms with Gasteiger partial charge in [0.25, 0.3) is 18.3 Å². The van der Waals surface area contributed by atoms with Crippen molar-refractivity contribution in [2.24, 2.45) is 5.73 Å². The third-order valence-corrected chi connectivity index (χ3v) is 6.22. The molecule has 2 aromatic rings. The first kappa shape index (κ1) is 22.1. The quantitative estimate of drug-likeness (QED) is 0.697. The van der Waals surface area contributed by atoms with E-state index in [-0.39, 0.29) is 25.2 Å². The maximum atomic E-state index is 13.4. The molecule has 0 radical (unpaired) electrons. The van der Waals surface area contributed by atoms with Gasteiger partial charge in [0, 0.05) is 24.9 Å². The number of alkyl halides is 4. The standard InChI is InChI=1S/C21H23F4N5O2/c1-11-3-4-13(7-12(11)2)16-15(17(26)31)14-8-29(5-6-30(14)28-16)19(32)27-20(18(22)23)9-21(24,25)10-20/h3-4,7,18H,5-6,8-10H2,1-2H3,(H2,26,31)(H,27,32). The summed E-state index contributed by atoms with van der Waals surface area (Å²) in [6.07, 6.45) is -5.35. The number of nitrogens with two attached hydrogens (primary N) is 1. The molecule has 1 aliphatic heterocycles. The Morgan fingerprint density at radius 2 is 1.84 bits per heavy atom. The molecule has 32 heavy (non-hydrogen) atoms. The average Bonchev–Trinajstić information content (AvgIpc) is 3.07. The zero-order chi connectivity index (χ0) is 23.4. The van der Waals surface area contributed by atoms with Crippen LogP contribution in [0.25, 0.3) is 11.3 Å². The summed E-state index contributed by atoms with van der Waals surface area (Å²) in [7, 11) is 0. The molecule has 1 aromatic carbocycles. The number of carbonyl (C=O) groups excluding carboxylic acids is 2. The monoisotopic (exact) mass is 453 g/mol. The number of benzene rings is 1. The van der Waals surface area contributed by atoms with Gasteiger partial charge in [-0.2, -0.15) is 5.10 Å². The van der Waals surface area contributed by atoms with Crippen LogP contribution < -0.4 is 11.1 Å². The lowest BCUT2D eigenvalue weighted by atomic mass is 9.73. The normalized spacial score (nSPS) is 18.8. The van der Waals surface area contributed by atoms with Crippen LogP contribution in [0.2, 0.25) is 0 Å². The van der Waals surface area contributed by atoms with Gasteiger partial charge in [-0.05, 0) is 31.0 Å². The Hall–Kier alpha value is -3.11. The molecule has 0 unspecified atom stereocenters. The van der Waals surface area contributed by atoms with Crippen LogP contribution in [0.15, 0.2) is 18.2 Å². The van der Waals surface area contributed by atoms with Crippen molar-refractivity contribution in [3.63, 3.8) is 0 Å². The highest BCUT2D eigenvalue weighted by molar-refractivity contribution is 6.00. The van der Waals surface area contributed by atoms with Gasteiger partial charge in [-0.25, -0.2) is 22.4 Å². The first-order valence-electron chi connectivity index (χ1n) is 10.1. The number of fused-ring (bicyclic) bond motifs is 1. The molecule has 2 heterocycles. The first-order valence-corrected chi connectivity index (χ1v) is 10.1. The molecule has 2 aliphatic rings. The molecular weight excluding hydrogens is 430 g/mol. The van der Waals surface area contributed by atoms with Crippen molar-refractivity contribution < 1.29 is 27.2 Å². The van der Waals surface area contributed by atoms with Crippen molar-refractivity contribution in [2.75, 3.05) is 6.54 Å². The van der Waals surface area contributed by atoms with E-state index in [0.29, 0.717) is 17.0 Å². The lowest BCUT2D eigenvalue weighted by Gasteiger charge is -2.47. The van der Waals surface area contributed by atoms with Gasteiger partial charge in [0.2, 0.25) is 0 Å². The van der Waals surface area contributed by atoms with Gasteiger partial charge in [-0.3, -0.25) is 9.48 Å². The molecular formula is C21H23F4N5O2. The van der Waals surface area contributed by atoms with Gasteiger partial charge in [-0.15, -0.1) is 0 Å². The van der Waals surface area contributed by atoms with E-state index in [4.69, 9.17) is 5.73 Å². The van der Waals surface area contributed by atoms with E-state index in [0.717, 1.165) is 11.1 Å². The number of halogens is 4. The molecule has 1 aliphatic carbocycles. The average molecular weight is 453 g/mol. The summed E-state index contributed by atoms with van der Waals surface area (Å²) in [6.45, 7) is 4.07. The Bertz CT molecular complexity index is 1090. The smallest absolute Gasteiger partial charge is 0.318 e. The summed E-state index contributed by atoms with van der Waals surface area (Å²) in [5.74, 6) is -3.96. The van der Waals surface area contributed by atoms with E-state index < -0.39 is 42.7 Å². The van der Waals surface area contributed by atoms with Gasteiger partial charge in [0.1, 0.15) is 11.2 Å². The highest BCUT2D eigenvalue weighted by atomic mass is 19.3. The summed E-state index contributed by atoms with van der Waals surface area (Å²) in [6, 6.07) is 4.70. The van der Waals surface area contributed by atoms with Crippen molar-refractivity contribution >= 4 is 11.9 Å². The Balaban J connectivity index is 1.61. The predicted molar refractivity (Wildman–Crippen MR) is 108 cm³/mol. The number of carbonyl (C=O) groups is 2. The van der Waals surface area contributed by atoms with Crippen LogP contribution in [-0.2, 0) is 13.1 Å². The zero-order valence-electron chi connectivity index (χ0n) is 17.6. The summed E-state index contributed by atoms with van der Waals surface area (Å²) in [4.78, 5) is 26.1. The van der Waals surface area contributed by atoms with Gasteiger partial charge in [0.05, 0.1) is 24.3 Å². The van der Waals surface area contributed by atoms with Crippen LogP contribution in [0, 0.1) is 13.8 Å². The van der Waals surface area contributed by atoms with Crippen LogP contribution in [-0.4, -0.2) is 51.1 Å². The number of urea groups is 1. The summed E-state index contributed by atoms with van der Waals surface area (Å²) in [5.41, 5.74) is 7.01. The summed E-state index contributed by atoms with van der Waals surface area (Å²) < 4.78 is 55.0. The molecule has 0 spiro atoms. The number of amides is 3. The van der Waals surface area contributed by atoms with Crippen LogP contribution >= 0.6 is 0 Å². The lowest BCUT2D eigenvalue weighted by Crippen LogP contribution is -2.68. The fraction of sp³-hybridized carbons (Fsp3) is 0.476. The fourth-order valence-corrected chi connectivity index (χ4v) is 4.30. The molecule has 7 nitrogen and oxygen atoms in total. The second-order valence-electron chi connectivity index (χ2n) is 8.57. The lowest BCUT2D eigenvalue weighted by molar-refractivity contribution is -0.173. The third-order valence-electron chi connectivity index (χ3n) is 6.22. The minimum atomic E-state index is -3.23. The molecule has 3 N–H and O–H groups in total. The molecule has 1 saturated carbocycles. The largest absolute Gasteiger partial charge is 0.365 e. The Morgan fingerprint density at radius 1 is 1.16 bits per heavy atom. The molecule has 11 heteroatoms. The molecule has 1 aromatic heterocycles. The van der Waals surface area contributed by atoms with E-state index in [1.165, 1.54) is 4.90 Å². The van der Waals surface area contributed by atoms with E-state index >= 15 is 0 Å². The number of nitrogens with one attached hydrogen (secondary N) is 1. The molecule has 0 bridgehead atoms. The van der Waals surface area contributed by atoms with E-state index in [1.54, 1.807) is 4.68 Å². The number of hydrogen-bond donors (Lipinski definition) is 2. The predicted octanol–water partition coefficient (Wildman–Crippen LogP) is 3.22. The molecule has 172 valence electrons. The second kappa shape index (κ2) is 7.49. The Labute approximate surface area is 181 Å². The van der Waals surface area contributed by atoms with Crippen molar-refractivity contribution in [3.05, 3.63) is 40.6 Å². The van der Waals surface area contributed by atoms with Gasteiger partial charge in [-0.1, -0.05) is 12.1 Å². The van der Waals surface area contributed by atoms with Crippen molar-refractivity contribution in [1.82, 2.24) is 20.0 Å². The van der Waals surface area contributed by atoms with Gasteiger partial charge >= 0.3 is 6.03 Å². The number of aryl methyl sites for hydroxylation is 2. The zero-order valence-corrected chi connectivity index (χ0v) is 17.6. The van der Waals surface area contributed by atoms with Crippen LogP contribution in [0.3, 0.4) is 0 Å². The Kier molecular flexibility index (Phi) is 5.17. The number of hydrogen-bond acceptors (Lipinski definition) is 3. The van der Waals surface area contributed by atoms with E-state index in [2.05, 4.69) is 10.4 Å². The summed E-state index contributed by atoms with van der Waals surface area (Å²) in [5, 5.41) is 6.59. The molecule has 1 fully saturated rings. The number of nitrogens with zero attached hydrogens (tertiary/aromatic N) is 3. The molecule has 0 saturated heterocycles. The molecule has 4 rings (SSSR count). The van der Waals surface area contributed by atoms with Crippen molar-refractivity contribution in [2.45, 2.75) is 57.7 Å². The summed E-state index contributed by atoms with van der Waals surface area (Å²) >= 11 is 0. The second-order valence-corrected chi connectivity index (χ2v) is 8.57. The minimum absolute atomic E-state index is 0.112. The van der Waals surface area contributed by atoms with Crippen LogP contribution in [0.1, 0.15) is 40.0 Å². The van der Waals surface area contributed by atoms with Gasteiger partial charge < -0.3 is 16.0 Å². The fourth-order valence-electron chi connectivity index (χ4n) is 4.30. The van der Waals surface area contributed by atoms with Crippen LogP contribution in [0.5, 0.6) is 0 Å².